The summed E-state index contributed by atoms with van der Waals surface area (Å²) in [5.41, 5.74) is 1.31. The van der Waals surface area contributed by atoms with Crippen molar-refractivity contribution in [1.29, 1.82) is 0 Å². The lowest BCUT2D eigenvalue weighted by molar-refractivity contribution is 0.0798. The molecule has 108 valence electrons. The summed E-state index contributed by atoms with van der Waals surface area (Å²) >= 11 is 1.43. The number of nitrogens with zero attached hydrogens (tertiary/aromatic N) is 3. The summed E-state index contributed by atoms with van der Waals surface area (Å²) in [5.74, 6) is 0.0681. The normalized spacial score (nSPS) is 10.9. The molecule has 0 N–H and O–H groups in total. The zero-order valence-electron chi connectivity index (χ0n) is 11.9. The largest absolute Gasteiger partial charge is 0.341 e. The molecule has 0 aliphatic rings. The van der Waals surface area contributed by atoms with Crippen molar-refractivity contribution in [2.45, 2.75) is 12.8 Å². The molecule has 2 heterocycles. The quantitative estimate of drug-likeness (QED) is 0.726. The van der Waals surface area contributed by atoms with Gasteiger partial charge in [0.05, 0.1) is 0 Å². The number of fused-ring (bicyclic) bond motifs is 1. The highest BCUT2D eigenvalue weighted by atomic mass is 32.1. The van der Waals surface area contributed by atoms with Gasteiger partial charge in [0.1, 0.15) is 4.88 Å². The van der Waals surface area contributed by atoms with Crippen molar-refractivity contribution in [3.8, 4) is 0 Å². The molecule has 1 aromatic carbocycles. The first-order chi connectivity index (χ1) is 10.2. The molecule has 0 aliphatic carbocycles. The molecule has 0 saturated heterocycles. The second kappa shape index (κ2) is 6.10. The molecule has 3 aromatic rings. The molecule has 2 aromatic heterocycles. The lowest BCUT2D eigenvalue weighted by Gasteiger charge is -2.15. The highest BCUT2D eigenvalue weighted by Gasteiger charge is 2.15. The number of carbonyl (C=O) groups is 1. The molecule has 21 heavy (non-hydrogen) atoms. The van der Waals surface area contributed by atoms with Crippen LogP contribution in [-0.2, 0) is 6.42 Å². The number of carbonyl (C=O) groups excluding carboxylic acids is 1. The van der Waals surface area contributed by atoms with Crippen LogP contribution in [0.2, 0.25) is 0 Å². The number of hydrogen-bond donors (Lipinski definition) is 0. The van der Waals surface area contributed by atoms with E-state index in [-0.39, 0.29) is 5.91 Å². The van der Waals surface area contributed by atoms with Gasteiger partial charge in [-0.3, -0.25) is 9.20 Å². The van der Waals surface area contributed by atoms with Crippen LogP contribution >= 0.6 is 11.3 Å². The number of benzene rings is 1. The third-order valence-electron chi connectivity index (χ3n) is 3.45. The van der Waals surface area contributed by atoms with Crippen LogP contribution in [0.3, 0.4) is 0 Å². The van der Waals surface area contributed by atoms with E-state index in [1.165, 1.54) is 16.9 Å². The van der Waals surface area contributed by atoms with Crippen molar-refractivity contribution in [1.82, 2.24) is 14.3 Å². The number of amides is 1. The van der Waals surface area contributed by atoms with Crippen LogP contribution in [-0.4, -0.2) is 33.8 Å². The van der Waals surface area contributed by atoms with Gasteiger partial charge in [-0.15, -0.1) is 0 Å². The molecule has 0 bridgehead atoms. The minimum atomic E-state index is 0.0681. The van der Waals surface area contributed by atoms with Crippen LogP contribution in [0.4, 0.5) is 0 Å². The Kier molecular flexibility index (Phi) is 4.01. The van der Waals surface area contributed by atoms with Crippen molar-refractivity contribution in [2.24, 2.45) is 0 Å². The predicted molar refractivity (Wildman–Crippen MR) is 84.8 cm³/mol. The van der Waals surface area contributed by atoms with Crippen molar-refractivity contribution >= 4 is 22.2 Å². The van der Waals surface area contributed by atoms with E-state index >= 15 is 0 Å². The number of aryl methyl sites for hydroxylation is 1. The van der Waals surface area contributed by atoms with Crippen LogP contribution in [0.15, 0.2) is 48.9 Å². The van der Waals surface area contributed by atoms with Gasteiger partial charge < -0.3 is 4.90 Å². The predicted octanol–water partition coefficient (Wildman–Crippen LogP) is 3.10. The molecule has 0 saturated carbocycles. The Morgan fingerprint density at radius 3 is 2.90 bits per heavy atom. The van der Waals surface area contributed by atoms with E-state index in [9.17, 15) is 4.79 Å². The zero-order chi connectivity index (χ0) is 14.7. The zero-order valence-corrected chi connectivity index (χ0v) is 12.7. The maximum absolute atomic E-state index is 12.3. The van der Waals surface area contributed by atoms with Crippen LogP contribution in [0, 0.1) is 0 Å². The summed E-state index contributed by atoms with van der Waals surface area (Å²) in [6.07, 6.45) is 7.41. The smallest absolute Gasteiger partial charge is 0.265 e. The standard InChI is InChI=1S/C16H17N3OS/c1-18(10-5-8-13-6-3-2-4-7-13)15(20)14-12-19-11-9-17-16(19)21-14/h2-4,6-7,9,11-12H,5,8,10H2,1H3. The maximum Gasteiger partial charge on any atom is 0.265 e. The Hall–Kier alpha value is -2.14. The van der Waals surface area contributed by atoms with Crippen LogP contribution in [0.25, 0.3) is 4.96 Å². The second-order valence-corrected chi connectivity index (χ2v) is 6.04. The lowest BCUT2D eigenvalue weighted by Crippen LogP contribution is -2.27. The van der Waals surface area contributed by atoms with Gasteiger partial charge in [-0.05, 0) is 18.4 Å². The summed E-state index contributed by atoms with van der Waals surface area (Å²) < 4.78 is 1.88. The van der Waals surface area contributed by atoms with Crippen molar-refractivity contribution in [3.63, 3.8) is 0 Å². The summed E-state index contributed by atoms with van der Waals surface area (Å²) in [5, 5.41) is 0. The van der Waals surface area contributed by atoms with Gasteiger partial charge in [0.2, 0.25) is 0 Å². The fraction of sp³-hybridized carbons (Fsp3) is 0.250. The Bertz CT molecular complexity index is 704. The fourth-order valence-corrected chi connectivity index (χ4v) is 3.22. The number of aromatic nitrogens is 2. The average Bonchev–Trinajstić information content (AvgIpc) is 3.08. The Labute approximate surface area is 127 Å². The fourth-order valence-electron chi connectivity index (χ4n) is 2.28. The Morgan fingerprint density at radius 1 is 1.33 bits per heavy atom. The van der Waals surface area contributed by atoms with Crippen LogP contribution in [0.1, 0.15) is 21.7 Å². The monoisotopic (exact) mass is 299 g/mol. The van der Waals surface area contributed by atoms with Crippen molar-refractivity contribution < 1.29 is 4.79 Å². The lowest BCUT2D eigenvalue weighted by atomic mass is 10.1. The van der Waals surface area contributed by atoms with E-state index in [0.29, 0.717) is 0 Å². The van der Waals surface area contributed by atoms with E-state index in [2.05, 4.69) is 17.1 Å². The van der Waals surface area contributed by atoms with E-state index in [0.717, 1.165) is 29.2 Å². The summed E-state index contributed by atoms with van der Waals surface area (Å²) in [4.78, 5) is 19.9. The maximum atomic E-state index is 12.3. The van der Waals surface area contributed by atoms with Gasteiger partial charge in [0, 0.05) is 32.2 Å². The molecule has 0 atom stereocenters. The molecular formula is C16H17N3OS. The highest BCUT2D eigenvalue weighted by Crippen LogP contribution is 2.17. The molecule has 1 amide bonds. The average molecular weight is 299 g/mol. The third kappa shape index (κ3) is 3.13. The number of hydrogen-bond acceptors (Lipinski definition) is 3. The first kappa shape index (κ1) is 13.8. The van der Waals surface area contributed by atoms with E-state index in [1.807, 2.05) is 42.0 Å². The molecule has 0 aliphatic heterocycles. The van der Waals surface area contributed by atoms with Gasteiger partial charge in [-0.1, -0.05) is 41.7 Å². The van der Waals surface area contributed by atoms with E-state index in [4.69, 9.17) is 0 Å². The van der Waals surface area contributed by atoms with Gasteiger partial charge in [-0.25, -0.2) is 4.98 Å². The molecule has 0 fully saturated rings. The van der Waals surface area contributed by atoms with Crippen molar-refractivity contribution in [2.75, 3.05) is 13.6 Å². The molecule has 0 radical (unpaired) electrons. The SMILES string of the molecule is CN(CCCc1ccccc1)C(=O)c1cn2ccnc2s1. The minimum Gasteiger partial charge on any atom is -0.341 e. The molecule has 0 unspecified atom stereocenters. The summed E-state index contributed by atoms with van der Waals surface area (Å²) in [6, 6.07) is 10.4. The molecular weight excluding hydrogens is 282 g/mol. The first-order valence-corrected chi connectivity index (χ1v) is 7.77. The van der Waals surface area contributed by atoms with Crippen LogP contribution < -0.4 is 0 Å². The molecule has 0 spiro atoms. The van der Waals surface area contributed by atoms with Gasteiger partial charge in [0.25, 0.3) is 5.91 Å². The number of imidazole rings is 1. The summed E-state index contributed by atoms with van der Waals surface area (Å²) in [6.45, 7) is 0.758. The van der Waals surface area contributed by atoms with Gasteiger partial charge in [0.15, 0.2) is 4.96 Å². The van der Waals surface area contributed by atoms with Gasteiger partial charge >= 0.3 is 0 Å². The Balaban J connectivity index is 1.56. The van der Waals surface area contributed by atoms with Gasteiger partial charge in [-0.2, -0.15) is 0 Å². The first-order valence-electron chi connectivity index (χ1n) is 6.96. The summed E-state index contributed by atoms with van der Waals surface area (Å²) in [7, 11) is 1.86. The molecule has 3 rings (SSSR count). The number of rotatable bonds is 5. The molecule has 5 heteroatoms. The Morgan fingerprint density at radius 2 is 2.14 bits per heavy atom. The van der Waals surface area contributed by atoms with Crippen LogP contribution in [0.5, 0.6) is 0 Å². The number of thiazole rings is 1. The topological polar surface area (TPSA) is 37.6 Å². The van der Waals surface area contributed by atoms with E-state index in [1.54, 1.807) is 11.1 Å². The minimum absolute atomic E-state index is 0.0681. The molecule has 4 nitrogen and oxygen atoms in total. The second-order valence-electron chi connectivity index (χ2n) is 5.03. The van der Waals surface area contributed by atoms with E-state index < -0.39 is 0 Å². The highest BCUT2D eigenvalue weighted by molar-refractivity contribution is 7.18. The third-order valence-corrected chi connectivity index (χ3v) is 4.45. The van der Waals surface area contributed by atoms with Crippen molar-refractivity contribution in [3.05, 3.63) is 59.4 Å².